The summed E-state index contributed by atoms with van der Waals surface area (Å²) in [5.41, 5.74) is 1.80. The first-order chi connectivity index (χ1) is 11.1. The fourth-order valence-corrected chi connectivity index (χ4v) is 3.28. The molecule has 3 nitrogen and oxygen atoms in total. The summed E-state index contributed by atoms with van der Waals surface area (Å²) in [6, 6.07) is 15.1. The van der Waals surface area contributed by atoms with Crippen LogP contribution in [0.25, 0.3) is 6.08 Å². The molecule has 1 aliphatic heterocycles. The quantitative estimate of drug-likeness (QED) is 0.646. The standard InChI is InChI=1S/C17H12ClNO2S2/c18-14-7-2-1-5-12(14)10-21-13-6-3-4-11(8-13)9-15-16(20)19-17(22)23-15/h1-9H,10H2,(H,19,20,22)/b15-9-. The van der Waals surface area contributed by atoms with E-state index in [1.54, 1.807) is 6.08 Å². The molecule has 0 spiro atoms. The number of hydrogen-bond acceptors (Lipinski definition) is 4. The summed E-state index contributed by atoms with van der Waals surface area (Å²) >= 11 is 12.4. The van der Waals surface area contributed by atoms with Gasteiger partial charge < -0.3 is 10.1 Å². The minimum atomic E-state index is -0.164. The zero-order chi connectivity index (χ0) is 16.2. The number of rotatable bonds is 4. The van der Waals surface area contributed by atoms with Crippen molar-refractivity contribution < 1.29 is 9.53 Å². The van der Waals surface area contributed by atoms with Gasteiger partial charge in [0.05, 0.1) is 4.91 Å². The zero-order valence-electron chi connectivity index (χ0n) is 11.9. The number of carbonyl (C=O) groups is 1. The van der Waals surface area contributed by atoms with Crippen LogP contribution in [0.3, 0.4) is 0 Å². The van der Waals surface area contributed by atoms with Gasteiger partial charge in [0.1, 0.15) is 16.7 Å². The van der Waals surface area contributed by atoms with Crippen molar-refractivity contribution in [1.82, 2.24) is 5.32 Å². The largest absolute Gasteiger partial charge is 0.489 e. The Morgan fingerprint density at radius 2 is 2.04 bits per heavy atom. The number of amides is 1. The minimum absolute atomic E-state index is 0.164. The Labute approximate surface area is 148 Å². The SMILES string of the molecule is O=C1NC(=S)S/C1=C\c1cccc(OCc2ccccc2Cl)c1. The minimum Gasteiger partial charge on any atom is -0.489 e. The van der Waals surface area contributed by atoms with E-state index < -0.39 is 0 Å². The van der Waals surface area contributed by atoms with E-state index in [1.165, 1.54) is 11.8 Å². The van der Waals surface area contributed by atoms with Gasteiger partial charge in [0.25, 0.3) is 5.91 Å². The fraction of sp³-hybridized carbons (Fsp3) is 0.0588. The molecule has 3 rings (SSSR count). The Morgan fingerprint density at radius 3 is 2.78 bits per heavy atom. The molecule has 0 atom stereocenters. The first kappa shape index (κ1) is 16.1. The Balaban J connectivity index is 1.73. The summed E-state index contributed by atoms with van der Waals surface area (Å²) in [6.45, 7) is 0.388. The number of halogens is 1. The van der Waals surface area contributed by atoms with E-state index in [0.29, 0.717) is 26.6 Å². The van der Waals surface area contributed by atoms with E-state index >= 15 is 0 Å². The van der Waals surface area contributed by atoms with Crippen LogP contribution in [-0.4, -0.2) is 10.2 Å². The molecular weight excluding hydrogens is 350 g/mol. The smallest absolute Gasteiger partial charge is 0.263 e. The molecular formula is C17H12ClNO2S2. The van der Waals surface area contributed by atoms with Crippen molar-refractivity contribution in [3.8, 4) is 5.75 Å². The number of carbonyl (C=O) groups excluding carboxylic acids is 1. The van der Waals surface area contributed by atoms with Crippen LogP contribution < -0.4 is 10.1 Å². The Morgan fingerprint density at radius 1 is 1.22 bits per heavy atom. The molecule has 1 N–H and O–H groups in total. The van der Waals surface area contributed by atoms with Gasteiger partial charge in [0, 0.05) is 10.6 Å². The average molecular weight is 362 g/mol. The summed E-state index contributed by atoms with van der Waals surface area (Å²) in [6.07, 6.45) is 1.79. The van der Waals surface area contributed by atoms with Crippen molar-refractivity contribution in [2.75, 3.05) is 0 Å². The normalized spacial score (nSPS) is 15.8. The third-order valence-electron chi connectivity index (χ3n) is 3.15. The van der Waals surface area contributed by atoms with Crippen LogP contribution in [0.2, 0.25) is 5.02 Å². The third-order valence-corrected chi connectivity index (χ3v) is 4.68. The number of thiocarbonyl (C=S) groups is 1. The maximum atomic E-state index is 11.7. The highest BCUT2D eigenvalue weighted by atomic mass is 35.5. The van der Waals surface area contributed by atoms with E-state index in [-0.39, 0.29) is 5.91 Å². The second-order valence-corrected chi connectivity index (χ2v) is 6.93. The molecule has 2 aromatic carbocycles. The van der Waals surface area contributed by atoms with Gasteiger partial charge in [-0.1, -0.05) is 65.9 Å². The maximum absolute atomic E-state index is 11.7. The lowest BCUT2D eigenvalue weighted by atomic mass is 10.2. The highest BCUT2D eigenvalue weighted by Gasteiger charge is 2.21. The lowest BCUT2D eigenvalue weighted by molar-refractivity contribution is -0.115. The monoisotopic (exact) mass is 361 g/mol. The molecule has 1 aliphatic rings. The van der Waals surface area contributed by atoms with E-state index in [2.05, 4.69) is 5.32 Å². The van der Waals surface area contributed by atoms with Gasteiger partial charge in [-0.15, -0.1) is 0 Å². The number of thioether (sulfide) groups is 1. The molecule has 0 aromatic heterocycles. The number of ether oxygens (including phenoxy) is 1. The zero-order valence-corrected chi connectivity index (χ0v) is 14.3. The van der Waals surface area contributed by atoms with Crippen LogP contribution in [0.15, 0.2) is 53.4 Å². The summed E-state index contributed by atoms with van der Waals surface area (Å²) in [5, 5.41) is 3.27. The molecule has 1 heterocycles. The third kappa shape index (κ3) is 4.13. The highest BCUT2D eigenvalue weighted by molar-refractivity contribution is 8.26. The van der Waals surface area contributed by atoms with Crippen LogP contribution in [-0.2, 0) is 11.4 Å². The van der Waals surface area contributed by atoms with Gasteiger partial charge in [0.15, 0.2) is 0 Å². The predicted octanol–water partition coefficient (Wildman–Crippen LogP) is 4.41. The molecule has 0 saturated carbocycles. The summed E-state index contributed by atoms with van der Waals surface area (Å²) in [4.78, 5) is 12.3. The van der Waals surface area contributed by atoms with Crippen LogP contribution in [0.4, 0.5) is 0 Å². The van der Waals surface area contributed by atoms with Gasteiger partial charge in [-0.3, -0.25) is 4.79 Å². The molecule has 116 valence electrons. The molecule has 1 amide bonds. The van der Waals surface area contributed by atoms with Gasteiger partial charge in [-0.05, 0) is 29.8 Å². The van der Waals surface area contributed by atoms with Crippen molar-refractivity contribution in [3.05, 3.63) is 69.6 Å². The fourth-order valence-electron chi connectivity index (χ4n) is 2.04. The van der Waals surface area contributed by atoms with Gasteiger partial charge >= 0.3 is 0 Å². The summed E-state index contributed by atoms with van der Waals surface area (Å²) in [5.74, 6) is 0.549. The van der Waals surface area contributed by atoms with Gasteiger partial charge in [-0.25, -0.2) is 0 Å². The van der Waals surface area contributed by atoms with Gasteiger partial charge in [-0.2, -0.15) is 0 Å². The Kier molecular flexibility index (Phi) is 5.00. The topological polar surface area (TPSA) is 38.3 Å². The van der Waals surface area contributed by atoms with Crippen LogP contribution in [0.1, 0.15) is 11.1 Å². The summed E-state index contributed by atoms with van der Waals surface area (Å²) < 4.78 is 6.26. The molecule has 0 bridgehead atoms. The Hall–Kier alpha value is -1.82. The number of nitrogens with one attached hydrogen (secondary N) is 1. The van der Waals surface area contributed by atoms with Crippen molar-refractivity contribution in [1.29, 1.82) is 0 Å². The first-order valence-electron chi connectivity index (χ1n) is 6.83. The van der Waals surface area contributed by atoms with Crippen LogP contribution >= 0.6 is 35.6 Å². The highest BCUT2D eigenvalue weighted by Crippen LogP contribution is 2.27. The molecule has 0 radical (unpaired) electrons. The lowest BCUT2D eigenvalue weighted by Crippen LogP contribution is -2.17. The van der Waals surface area contributed by atoms with Crippen molar-refractivity contribution >= 4 is 51.9 Å². The van der Waals surface area contributed by atoms with Crippen molar-refractivity contribution in [2.24, 2.45) is 0 Å². The Bertz CT molecular complexity index is 805. The first-order valence-corrected chi connectivity index (χ1v) is 8.43. The molecule has 0 unspecified atom stereocenters. The molecule has 0 aliphatic carbocycles. The van der Waals surface area contributed by atoms with Crippen molar-refractivity contribution in [2.45, 2.75) is 6.61 Å². The lowest BCUT2D eigenvalue weighted by Gasteiger charge is -2.08. The average Bonchev–Trinajstić information content (AvgIpc) is 2.84. The van der Waals surface area contributed by atoms with E-state index in [0.717, 1.165) is 11.1 Å². The number of hydrogen-bond donors (Lipinski definition) is 1. The van der Waals surface area contributed by atoms with Crippen LogP contribution in [0, 0.1) is 0 Å². The van der Waals surface area contributed by atoms with Gasteiger partial charge in [0.2, 0.25) is 0 Å². The molecule has 2 aromatic rings. The van der Waals surface area contributed by atoms with E-state index in [9.17, 15) is 4.79 Å². The van der Waals surface area contributed by atoms with E-state index in [1.807, 2.05) is 48.5 Å². The van der Waals surface area contributed by atoms with Crippen LogP contribution in [0.5, 0.6) is 5.75 Å². The number of benzene rings is 2. The molecule has 23 heavy (non-hydrogen) atoms. The second-order valence-electron chi connectivity index (χ2n) is 4.80. The van der Waals surface area contributed by atoms with E-state index in [4.69, 9.17) is 28.6 Å². The summed E-state index contributed by atoms with van der Waals surface area (Å²) in [7, 11) is 0. The predicted molar refractivity (Wildman–Crippen MR) is 98.5 cm³/mol. The second kappa shape index (κ2) is 7.17. The molecule has 6 heteroatoms. The molecule has 1 fully saturated rings. The van der Waals surface area contributed by atoms with Crippen molar-refractivity contribution in [3.63, 3.8) is 0 Å². The molecule has 1 saturated heterocycles. The maximum Gasteiger partial charge on any atom is 0.263 e.